The second kappa shape index (κ2) is 6.63. The van der Waals surface area contributed by atoms with Crippen LogP contribution in [0.1, 0.15) is 27.0 Å². The van der Waals surface area contributed by atoms with Crippen LogP contribution in [0.5, 0.6) is 0 Å². The van der Waals surface area contributed by atoms with Gasteiger partial charge in [0.1, 0.15) is 5.82 Å². The molecule has 0 radical (unpaired) electrons. The summed E-state index contributed by atoms with van der Waals surface area (Å²) in [7, 11) is -4.00. The topological polar surface area (TPSA) is 56.1 Å². The fraction of sp³-hybridized carbons (Fsp3) is 0.211. The smallest absolute Gasteiger partial charge is 0.268 e. The molecule has 0 saturated heterocycles. The second-order valence-corrected chi connectivity index (χ2v) is 8.60. The molecular weight excluding hydrogens is 421 g/mol. The molecule has 0 atom stereocenters. The number of fused-ring (bicyclic) bond motifs is 1. The van der Waals surface area contributed by atoms with E-state index in [0.29, 0.717) is 16.5 Å². The molecule has 0 unspecified atom stereocenters. The van der Waals surface area contributed by atoms with E-state index in [9.17, 15) is 17.6 Å². The van der Waals surface area contributed by atoms with Gasteiger partial charge < -0.3 is 0 Å². The first kappa shape index (κ1) is 18.8. The first-order valence-corrected chi connectivity index (χ1v) is 10.5. The maximum absolute atomic E-state index is 13.8. The monoisotopic (exact) mass is 437 g/mol. The maximum Gasteiger partial charge on any atom is 0.268 e. The van der Waals surface area contributed by atoms with E-state index in [1.54, 1.807) is 26.0 Å². The minimum Gasteiger partial charge on any atom is -0.293 e. The molecule has 4 nitrogen and oxygen atoms in total. The highest BCUT2D eigenvalue weighted by molar-refractivity contribution is 9.09. The van der Waals surface area contributed by atoms with Crippen LogP contribution in [0.4, 0.5) is 4.39 Å². The summed E-state index contributed by atoms with van der Waals surface area (Å²) in [6.45, 7) is 5.34. The Morgan fingerprint density at radius 3 is 2.31 bits per heavy atom. The Morgan fingerprint density at radius 1 is 1.12 bits per heavy atom. The fourth-order valence-corrected chi connectivity index (χ4v) is 5.42. The van der Waals surface area contributed by atoms with Crippen molar-refractivity contribution in [2.75, 3.05) is 5.33 Å². The van der Waals surface area contributed by atoms with Gasteiger partial charge in [-0.1, -0.05) is 33.6 Å². The Hall–Kier alpha value is -1.99. The molecule has 0 fully saturated rings. The van der Waals surface area contributed by atoms with E-state index in [1.807, 2.05) is 6.92 Å². The third-order valence-electron chi connectivity index (χ3n) is 4.28. The van der Waals surface area contributed by atoms with Crippen LogP contribution < -0.4 is 0 Å². The Morgan fingerprint density at radius 2 is 1.73 bits per heavy atom. The lowest BCUT2D eigenvalue weighted by Crippen LogP contribution is -2.15. The minimum atomic E-state index is -4.00. The predicted octanol–water partition coefficient (Wildman–Crippen LogP) is 4.52. The second-order valence-electron chi connectivity index (χ2n) is 6.29. The SMILES string of the molecule is Cc1cc(C)c(S(=O)(=O)n2cc(C(=O)CBr)c3ccc(F)cc32)c(C)c1. The molecule has 0 N–H and O–H groups in total. The fourth-order valence-electron chi connectivity index (χ4n) is 3.34. The van der Waals surface area contributed by atoms with Crippen molar-refractivity contribution in [3.05, 3.63) is 64.6 Å². The molecule has 0 aliphatic rings. The number of rotatable bonds is 4. The average molecular weight is 438 g/mol. The van der Waals surface area contributed by atoms with Crippen molar-refractivity contribution in [2.24, 2.45) is 0 Å². The zero-order valence-electron chi connectivity index (χ0n) is 14.5. The number of Topliss-reactive ketones (excluding diaryl/α,β-unsaturated/α-hetero) is 1. The van der Waals surface area contributed by atoms with Gasteiger partial charge in [-0.25, -0.2) is 16.8 Å². The Labute approximate surface area is 159 Å². The number of halogens is 2. The Balaban J connectivity index is 2.38. The molecule has 3 aromatic rings. The molecule has 1 heterocycles. The largest absolute Gasteiger partial charge is 0.293 e. The zero-order valence-corrected chi connectivity index (χ0v) is 16.9. The number of nitrogens with zero attached hydrogens (tertiary/aromatic N) is 1. The van der Waals surface area contributed by atoms with Crippen LogP contribution in [0, 0.1) is 26.6 Å². The molecule has 2 aromatic carbocycles. The van der Waals surface area contributed by atoms with E-state index >= 15 is 0 Å². The molecule has 136 valence electrons. The zero-order chi connectivity index (χ0) is 19.2. The van der Waals surface area contributed by atoms with Crippen LogP contribution >= 0.6 is 15.9 Å². The highest BCUT2D eigenvalue weighted by Gasteiger charge is 2.26. The molecule has 26 heavy (non-hydrogen) atoms. The number of hydrogen-bond donors (Lipinski definition) is 0. The number of benzene rings is 2. The van der Waals surface area contributed by atoms with Gasteiger partial charge in [0.05, 0.1) is 15.7 Å². The van der Waals surface area contributed by atoms with Gasteiger partial charge in [-0.3, -0.25) is 4.79 Å². The minimum absolute atomic E-state index is 0.0477. The van der Waals surface area contributed by atoms with E-state index in [0.717, 1.165) is 15.6 Å². The van der Waals surface area contributed by atoms with Crippen LogP contribution in [0.15, 0.2) is 41.4 Å². The summed E-state index contributed by atoms with van der Waals surface area (Å²) >= 11 is 3.11. The van der Waals surface area contributed by atoms with Crippen molar-refractivity contribution in [2.45, 2.75) is 25.7 Å². The first-order valence-electron chi connectivity index (χ1n) is 7.90. The first-order chi connectivity index (χ1) is 12.2. The molecule has 3 rings (SSSR count). The standard InChI is InChI=1S/C19H17BrFNO3S/c1-11-6-12(2)19(13(3)7-11)26(24,25)22-10-16(18(23)9-20)15-5-4-14(21)8-17(15)22/h4-8,10H,9H2,1-3H3. The van der Waals surface area contributed by atoms with Crippen LogP contribution in [0.2, 0.25) is 0 Å². The lowest BCUT2D eigenvalue weighted by atomic mass is 10.1. The van der Waals surface area contributed by atoms with Crippen molar-refractivity contribution in [1.82, 2.24) is 3.97 Å². The van der Waals surface area contributed by atoms with Gasteiger partial charge in [-0.2, -0.15) is 0 Å². The molecule has 1 aromatic heterocycles. The number of aromatic nitrogens is 1. The lowest BCUT2D eigenvalue weighted by molar-refractivity contribution is 0.102. The van der Waals surface area contributed by atoms with Gasteiger partial charge in [0.2, 0.25) is 0 Å². The van der Waals surface area contributed by atoms with Gasteiger partial charge >= 0.3 is 0 Å². The quantitative estimate of drug-likeness (QED) is 0.445. The summed E-state index contributed by atoms with van der Waals surface area (Å²) < 4.78 is 41.5. The summed E-state index contributed by atoms with van der Waals surface area (Å²) in [6.07, 6.45) is 1.28. The van der Waals surface area contributed by atoms with Crippen molar-refractivity contribution in [3.8, 4) is 0 Å². The summed E-state index contributed by atoms with van der Waals surface area (Å²) in [6, 6.07) is 7.36. The molecule has 0 aliphatic heterocycles. The Kier molecular flexibility index (Phi) is 4.79. The number of aryl methyl sites for hydroxylation is 3. The van der Waals surface area contributed by atoms with Crippen LogP contribution in [0.25, 0.3) is 10.9 Å². The number of hydrogen-bond acceptors (Lipinski definition) is 3. The normalized spacial score (nSPS) is 11.9. The molecule has 7 heteroatoms. The van der Waals surface area contributed by atoms with Gasteiger partial charge in [0.15, 0.2) is 5.78 Å². The van der Waals surface area contributed by atoms with Crippen molar-refractivity contribution in [3.63, 3.8) is 0 Å². The molecule has 0 bridgehead atoms. The van der Waals surface area contributed by atoms with Crippen molar-refractivity contribution >= 4 is 42.6 Å². The van der Waals surface area contributed by atoms with Crippen LogP contribution in [0.3, 0.4) is 0 Å². The van der Waals surface area contributed by atoms with E-state index < -0.39 is 15.8 Å². The van der Waals surface area contributed by atoms with Gasteiger partial charge in [0, 0.05) is 17.1 Å². The summed E-state index contributed by atoms with van der Waals surface area (Å²) in [5, 5.41) is 0.452. The molecule has 0 aliphatic carbocycles. The molecular formula is C19H17BrFNO3S. The van der Waals surface area contributed by atoms with Crippen LogP contribution in [-0.4, -0.2) is 23.5 Å². The maximum atomic E-state index is 13.8. The highest BCUT2D eigenvalue weighted by Crippen LogP contribution is 2.30. The summed E-state index contributed by atoms with van der Waals surface area (Å²) in [5.74, 6) is -0.838. The number of carbonyl (C=O) groups is 1. The molecule has 0 amide bonds. The molecule has 0 spiro atoms. The van der Waals surface area contributed by atoms with Gasteiger partial charge in [-0.15, -0.1) is 0 Å². The number of alkyl halides is 1. The highest BCUT2D eigenvalue weighted by atomic mass is 79.9. The average Bonchev–Trinajstić information content (AvgIpc) is 2.92. The van der Waals surface area contributed by atoms with E-state index in [4.69, 9.17) is 0 Å². The van der Waals surface area contributed by atoms with Gasteiger partial charge in [-0.05, 0) is 50.1 Å². The number of carbonyl (C=O) groups excluding carboxylic acids is 1. The third kappa shape index (κ3) is 2.99. The van der Waals surface area contributed by atoms with Crippen LogP contribution in [-0.2, 0) is 10.0 Å². The van der Waals surface area contributed by atoms with Crippen molar-refractivity contribution in [1.29, 1.82) is 0 Å². The number of ketones is 1. The van der Waals surface area contributed by atoms with Gasteiger partial charge in [0.25, 0.3) is 10.0 Å². The van der Waals surface area contributed by atoms with Crippen molar-refractivity contribution < 1.29 is 17.6 Å². The predicted molar refractivity (Wildman–Crippen MR) is 103 cm³/mol. The summed E-state index contributed by atoms with van der Waals surface area (Å²) in [4.78, 5) is 12.4. The lowest BCUT2D eigenvalue weighted by Gasteiger charge is -2.14. The van der Waals surface area contributed by atoms with E-state index in [1.165, 1.54) is 18.3 Å². The molecule has 0 saturated carbocycles. The summed E-state index contributed by atoms with van der Waals surface area (Å²) in [5.41, 5.74) is 2.55. The third-order valence-corrected chi connectivity index (χ3v) is 6.77. The van der Waals surface area contributed by atoms with E-state index in [2.05, 4.69) is 15.9 Å². The Bertz CT molecular complexity index is 1130. The van der Waals surface area contributed by atoms with E-state index in [-0.39, 0.29) is 27.1 Å².